The molecule has 0 aromatic carbocycles. The average Bonchev–Trinajstić information content (AvgIpc) is 2.38. The molecular formula is C13H9N3. The molecule has 2 rings (SSSR count). The van der Waals surface area contributed by atoms with E-state index in [2.05, 4.69) is 16.0 Å². The molecule has 3 nitrogen and oxygen atoms in total. The topological polar surface area (TPSA) is 49.6 Å². The number of nitrogens with zero attached hydrogens (tertiary/aromatic N) is 3. The molecule has 0 N–H and O–H groups in total. The number of allylic oxidation sites excluding steroid dienone is 1. The Bertz CT molecular complexity index is 524. The first-order valence-electron chi connectivity index (χ1n) is 4.83. The van der Waals surface area contributed by atoms with Crippen LogP contribution in [0.5, 0.6) is 0 Å². The quantitative estimate of drug-likeness (QED) is 0.711. The Morgan fingerprint density at radius 2 is 2.12 bits per heavy atom. The average molecular weight is 207 g/mol. The molecule has 0 saturated carbocycles. The second-order valence-corrected chi connectivity index (χ2v) is 3.17. The number of pyridine rings is 2. The van der Waals surface area contributed by atoms with Gasteiger partial charge in [0.05, 0.1) is 17.3 Å². The van der Waals surface area contributed by atoms with Crippen LogP contribution in [0.4, 0.5) is 0 Å². The predicted octanol–water partition coefficient (Wildman–Crippen LogP) is 2.54. The highest BCUT2D eigenvalue weighted by Gasteiger charge is 2.00. The molecule has 2 aromatic heterocycles. The minimum Gasteiger partial charge on any atom is -0.264 e. The lowest BCUT2D eigenvalue weighted by atomic mass is 10.1. The monoisotopic (exact) mass is 207 g/mol. The van der Waals surface area contributed by atoms with E-state index >= 15 is 0 Å². The van der Waals surface area contributed by atoms with E-state index < -0.39 is 0 Å². The maximum absolute atomic E-state index is 9.07. The van der Waals surface area contributed by atoms with Crippen LogP contribution in [0.3, 0.4) is 0 Å². The maximum Gasteiger partial charge on any atom is 0.0999 e. The van der Waals surface area contributed by atoms with E-state index in [9.17, 15) is 0 Å². The van der Waals surface area contributed by atoms with Crippen molar-refractivity contribution < 1.29 is 0 Å². The molecule has 0 amide bonds. The van der Waals surface area contributed by atoms with Crippen molar-refractivity contribution in [3.63, 3.8) is 0 Å². The molecule has 16 heavy (non-hydrogen) atoms. The molecule has 0 unspecified atom stereocenters. The van der Waals surface area contributed by atoms with Gasteiger partial charge in [0.1, 0.15) is 0 Å². The fourth-order valence-corrected chi connectivity index (χ4v) is 1.31. The maximum atomic E-state index is 9.07. The molecule has 0 aliphatic rings. The fraction of sp³-hybridized carbons (Fsp3) is 0. The first-order chi connectivity index (χ1) is 7.90. The largest absolute Gasteiger partial charge is 0.264 e. The minimum atomic E-state index is 0.562. The van der Waals surface area contributed by atoms with E-state index in [1.165, 1.54) is 0 Å². The highest BCUT2D eigenvalue weighted by atomic mass is 14.7. The summed E-state index contributed by atoms with van der Waals surface area (Å²) in [6.45, 7) is 0. The van der Waals surface area contributed by atoms with E-state index in [-0.39, 0.29) is 0 Å². The lowest BCUT2D eigenvalue weighted by Crippen LogP contribution is -1.84. The van der Waals surface area contributed by atoms with E-state index in [4.69, 9.17) is 5.26 Å². The molecule has 2 aromatic rings. The zero-order chi connectivity index (χ0) is 11.2. The SMILES string of the molecule is N#C/C(=C\c1ccccn1)c1cccnc1. The van der Waals surface area contributed by atoms with Crippen LogP contribution in [0.15, 0.2) is 48.9 Å². The lowest BCUT2D eigenvalue weighted by Gasteiger charge is -1.97. The van der Waals surface area contributed by atoms with Crippen LogP contribution >= 0.6 is 0 Å². The van der Waals surface area contributed by atoms with E-state index in [1.807, 2.05) is 24.3 Å². The smallest absolute Gasteiger partial charge is 0.0999 e. The van der Waals surface area contributed by atoms with Crippen LogP contribution < -0.4 is 0 Å². The fourth-order valence-electron chi connectivity index (χ4n) is 1.31. The van der Waals surface area contributed by atoms with Crippen molar-refractivity contribution in [1.29, 1.82) is 5.26 Å². The third-order valence-corrected chi connectivity index (χ3v) is 2.07. The van der Waals surface area contributed by atoms with Gasteiger partial charge >= 0.3 is 0 Å². The number of rotatable bonds is 2. The number of nitriles is 1. The van der Waals surface area contributed by atoms with E-state index in [0.717, 1.165) is 11.3 Å². The highest BCUT2D eigenvalue weighted by Crippen LogP contribution is 2.14. The standard InChI is InChI=1S/C13H9N3/c14-9-12(11-4-3-6-15-10-11)8-13-5-1-2-7-16-13/h1-8,10H/b12-8+. The zero-order valence-corrected chi connectivity index (χ0v) is 8.54. The van der Waals surface area contributed by atoms with Gasteiger partial charge in [-0.3, -0.25) is 9.97 Å². The van der Waals surface area contributed by atoms with Crippen molar-refractivity contribution in [1.82, 2.24) is 9.97 Å². The number of hydrogen-bond donors (Lipinski definition) is 0. The van der Waals surface area contributed by atoms with Gasteiger partial charge in [0.25, 0.3) is 0 Å². The van der Waals surface area contributed by atoms with Crippen molar-refractivity contribution in [2.75, 3.05) is 0 Å². The van der Waals surface area contributed by atoms with Crippen LogP contribution in [-0.4, -0.2) is 9.97 Å². The minimum absolute atomic E-state index is 0.562. The molecule has 0 aliphatic carbocycles. The van der Waals surface area contributed by atoms with Gasteiger partial charge in [-0.2, -0.15) is 5.26 Å². The zero-order valence-electron chi connectivity index (χ0n) is 8.54. The Hall–Kier alpha value is -2.47. The molecule has 3 heteroatoms. The molecule has 0 saturated heterocycles. The van der Waals surface area contributed by atoms with Crippen molar-refractivity contribution in [2.45, 2.75) is 0 Å². The summed E-state index contributed by atoms with van der Waals surface area (Å²) < 4.78 is 0. The van der Waals surface area contributed by atoms with Gasteiger partial charge in [0.2, 0.25) is 0 Å². The van der Waals surface area contributed by atoms with Crippen LogP contribution in [0.1, 0.15) is 11.3 Å². The molecule has 0 bridgehead atoms. The summed E-state index contributed by atoms with van der Waals surface area (Å²) in [4.78, 5) is 8.13. The Morgan fingerprint density at radius 3 is 2.75 bits per heavy atom. The summed E-state index contributed by atoms with van der Waals surface area (Å²) in [5.41, 5.74) is 2.13. The third kappa shape index (κ3) is 2.31. The normalized spacial score (nSPS) is 10.8. The van der Waals surface area contributed by atoms with Crippen LogP contribution in [-0.2, 0) is 0 Å². The second-order valence-electron chi connectivity index (χ2n) is 3.17. The Balaban J connectivity index is 2.39. The molecule has 76 valence electrons. The van der Waals surface area contributed by atoms with Gasteiger partial charge in [-0.25, -0.2) is 0 Å². The van der Waals surface area contributed by atoms with Gasteiger partial charge in [-0.05, 0) is 24.3 Å². The Morgan fingerprint density at radius 1 is 1.19 bits per heavy atom. The molecule has 0 aliphatic heterocycles. The number of aromatic nitrogens is 2. The van der Waals surface area contributed by atoms with Crippen molar-refractivity contribution in [3.8, 4) is 6.07 Å². The van der Waals surface area contributed by atoms with Crippen LogP contribution in [0.2, 0.25) is 0 Å². The summed E-state index contributed by atoms with van der Waals surface area (Å²) in [6, 6.07) is 11.4. The Labute approximate surface area is 93.7 Å². The van der Waals surface area contributed by atoms with E-state index in [0.29, 0.717) is 5.57 Å². The first kappa shape index (κ1) is 10.1. The molecule has 0 atom stereocenters. The Kier molecular flexibility index (Phi) is 3.05. The van der Waals surface area contributed by atoms with Crippen molar-refractivity contribution in [3.05, 3.63) is 60.2 Å². The van der Waals surface area contributed by atoms with Gasteiger partial charge in [0, 0.05) is 24.2 Å². The second kappa shape index (κ2) is 4.85. The molecule has 2 heterocycles. The lowest BCUT2D eigenvalue weighted by molar-refractivity contribution is 1.29. The summed E-state index contributed by atoms with van der Waals surface area (Å²) in [5.74, 6) is 0. The van der Waals surface area contributed by atoms with Crippen molar-refractivity contribution >= 4 is 11.6 Å². The van der Waals surface area contributed by atoms with Gasteiger partial charge in [0.15, 0.2) is 0 Å². The molecular weight excluding hydrogens is 198 g/mol. The van der Waals surface area contributed by atoms with Gasteiger partial charge < -0.3 is 0 Å². The first-order valence-corrected chi connectivity index (χ1v) is 4.83. The van der Waals surface area contributed by atoms with Crippen molar-refractivity contribution in [2.24, 2.45) is 0 Å². The molecule has 0 fully saturated rings. The van der Waals surface area contributed by atoms with Gasteiger partial charge in [-0.15, -0.1) is 0 Å². The number of hydrogen-bond acceptors (Lipinski definition) is 3. The predicted molar refractivity (Wildman–Crippen MR) is 62.0 cm³/mol. The summed E-state index contributed by atoms with van der Waals surface area (Å²) in [5, 5.41) is 9.07. The van der Waals surface area contributed by atoms with Crippen LogP contribution in [0.25, 0.3) is 11.6 Å². The summed E-state index contributed by atoms with van der Waals surface area (Å²) in [6.07, 6.45) is 6.79. The van der Waals surface area contributed by atoms with Crippen LogP contribution in [0, 0.1) is 11.3 Å². The van der Waals surface area contributed by atoms with Gasteiger partial charge in [-0.1, -0.05) is 12.1 Å². The third-order valence-electron chi connectivity index (χ3n) is 2.07. The van der Waals surface area contributed by atoms with E-state index in [1.54, 1.807) is 30.7 Å². The molecule has 0 radical (unpaired) electrons. The summed E-state index contributed by atoms with van der Waals surface area (Å²) >= 11 is 0. The summed E-state index contributed by atoms with van der Waals surface area (Å²) in [7, 11) is 0. The molecule has 0 spiro atoms. The highest BCUT2D eigenvalue weighted by molar-refractivity contribution is 5.88.